The molecule has 5 aromatic rings. The van der Waals surface area contributed by atoms with Crippen LogP contribution in [0.5, 0.6) is 0 Å². The first kappa shape index (κ1) is 25.8. The van der Waals surface area contributed by atoms with Gasteiger partial charge in [0.1, 0.15) is 5.82 Å². The number of likely N-dealkylation sites (tertiary alicyclic amines) is 1. The second-order valence-electron chi connectivity index (χ2n) is 9.16. The minimum absolute atomic E-state index is 0.169. The second-order valence-corrected chi connectivity index (χ2v) is 11.0. The van der Waals surface area contributed by atoms with E-state index in [-0.39, 0.29) is 16.8 Å². The van der Waals surface area contributed by atoms with Crippen LogP contribution in [0.2, 0.25) is 0 Å². The van der Waals surface area contributed by atoms with E-state index >= 15 is 0 Å². The van der Waals surface area contributed by atoms with Crippen LogP contribution < -0.4 is 16.0 Å². The fourth-order valence-corrected chi connectivity index (χ4v) is 5.91. The molecule has 1 aliphatic rings. The molecular formula is C27H24N8O3S2. The van der Waals surface area contributed by atoms with Gasteiger partial charge in [0.2, 0.25) is 5.01 Å². The Labute approximate surface area is 236 Å². The summed E-state index contributed by atoms with van der Waals surface area (Å²) in [5, 5.41) is 28.4. The summed E-state index contributed by atoms with van der Waals surface area (Å²) in [5.74, 6) is 0.186. The first-order chi connectivity index (χ1) is 19.5. The van der Waals surface area contributed by atoms with E-state index in [1.54, 1.807) is 41.6 Å². The monoisotopic (exact) mass is 572 g/mol. The van der Waals surface area contributed by atoms with Gasteiger partial charge in [-0.15, -0.1) is 21.5 Å². The fraction of sp³-hybridized carbons (Fsp3) is 0.185. The van der Waals surface area contributed by atoms with Gasteiger partial charge < -0.3 is 26.0 Å². The van der Waals surface area contributed by atoms with Crippen molar-refractivity contribution in [3.8, 4) is 10.6 Å². The van der Waals surface area contributed by atoms with Crippen molar-refractivity contribution in [2.75, 3.05) is 30.8 Å². The summed E-state index contributed by atoms with van der Waals surface area (Å²) in [5.41, 5.74) is 6.27. The van der Waals surface area contributed by atoms with E-state index in [0.717, 1.165) is 21.6 Å². The van der Waals surface area contributed by atoms with Gasteiger partial charge >= 0.3 is 0 Å². The molecule has 1 fully saturated rings. The number of benzene rings is 2. The number of aliphatic hydroxyl groups is 1. The number of carbonyl (C=O) groups excluding carboxylic acids is 2. The highest BCUT2D eigenvalue weighted by Crippen LogP contribution is 2.35. The number of pyridine rings is 1. The molecule has 0 saturated carbocycles. The molecule has 2 amide bonds. The maximum absolute atomic E-state index is 12.9. The highest BCUT2D eigenvalue weighted by molar-refractivity contribution is 7.17. The number of nitrogens with one attached hydrogen (secondary N) is 3. The molecule has 6 rings (SSSR count). The quantitative estimate of drug-likeness (QED) is 0.225. The molecule has 1 atom stereocenters. The lowest BCUT2D eigenvalue weighted by Gasteiger charge is -2.14. The van der Waals surface area contributed by atoms with Crippen molar-refractivity contribution >= 4 is 67.6 Å². The lowest BCUT2D eigenvalue weighted by atomic mass is 10.1. The number of hydrogen-bond donors (Lipinski definition) is 4. The molecule has 1 aliphatic heterocycles. The zero-order chi connectivity index (χ0) is 27.6. The normalized spacial score (nSPS) is 14.8. The lowest BCUT2D eigenvalue weighted by Crippen LogP contribution is -2.29. The summed E-state index contributed by atoms with van der Waals surface area (Å²) in [6, 6.07) is 14.9. The zero-order valence-corrected chi connectivity index (χ0v) is 22.9. The molecule has 0 spiro atoms. The summed E-state index contributed by atoms with van der Waals surface area (Å²) in [6.07, 6.45) is 1.73. The van der Waals surface area contributed by atoms with E-state index in [9.17, 15) is 14.7 Å². The third-order valence-electron chi connectivity index (χ3n) is 6.45. The Balaban J connectivity index is 1.31. The number of rotatable bonds is 7. The van der Waals surface area contributed by atoms with Crippen LogP contribution in [0.3, 0.4) is 0 Å². The Kier molecular flexibility index (Phi) is 7.07. The molecule has 1 unspecified atom stereocenters. The average molecular weight is 573 g/mol. The minimum Gasteiger partial charge on any atom is -0.391 e. The first-order valence-electron chi connectivity index (χ1n) is 12.5. The van der Waals surface area contributed by atoms with Gasteiger partial charge in [-0.3, -0.25) is 9.59 Å². The van der Waals surface area contributed by atoms with Crippen molar-refractivity contribution in [2.45, 2.75) is 12.5 Å². The summed E-state index contributed by atoms with van der Waals surface area (Å²) in [4.78, 5) is 35.4. The number of nitrogens with zero attached hydrogens (tertiary/aromatic N) is 5. The molecule has 2 aromatic carbocycles. The van der Waals surface area contributed by atoms with E-state index in [4.69, 9.17) is 0 Å². The number of anilines is 4. The molecule has 1 saturated heterocycles. The van der Waals surface area contributed by atoms with Crippen LogP contribution in [-0.4, -0.2) is 68.2 Å². The van der Waals surface area contributed by atoms with Crippen molar-refractivity contribution in [3.63, 3.8) is 0 Å². The fourth-order valence-electron chi connectivity index (χ4n) is 4.36. The van der Waals surface area contributed by atoms with Gasteiger partial charge in [0, 0.05) is 49.3 Å². The van der Waals surface area contributed by atoms with Crippen LogP contribution in [0.25, 0.3) is 20.8 Å². The minimum atomic E-state index is -0.511. The third kappa shape index (κ3) is 5.34. The van der Waals surface area contributed by atoms with Crippen molar-refractivity contribution in [3.05, 3.63) is 70.8 Å². The number of β-amino-alcohol motifs (C(OH)–C–C–N with tert-alkyl or cyclic N) is 1. The third-order valence-corrected chi connectivity index (χ3v) is 8.19. The van der Waals surface area contributed by atoms with Gasteiger partial charge in [-0.25, -0.2) is 9.97 Å². The lowest BCUT2D eigenvalue weighted by molar-refractivity contribution is 0.0763. The molecule has 0 aliphatic carbocycles. The predicted molar refractivity (Wildman–Crippen MR) is 156 cm³/mol. The van der Waals surface area contributed by atoms with Crippen molar-refractivity contribution in [1.82, 2.24) is 30.4 Å². The van der Waals surface area contributed by atoms with Gasteiger partial charge in [0.15, 0.2) is 5.01 Å². The predicted octanol–water partition coefficient (Wildman–Crippen LogP) is 4.26. The van der Waals surface area contributed by atoms with Crippen LogP contribution in [0.1, 0.15) is 26.6 Å². The van der Waals surface area contributed by atoms with Crippen LogP contribution >= 0.6 is 22.7 Å². The Morgan fingerprint density at radius 3 is 2.62 bits per heavy atom. The Morgan fingerprint density at radius 2 is 1.85 bits per heavy atom. The van der Waals surface area contributed by atoms with Gasteiger partial charge in [-0.1, -0.05) is 11.3 Å². The van der Waals surface area contributed by atoms with Gasteiger partial charge in [0.05, 0.1) is 33.1 Å². The average Bonchev–Trinajstić information content (AvgIpc) is 3.74. The number of aromatic nitrogens is 4. The van der Waals surface area contributed by atoms with Gasteiger partial charge in [0.25, 0.3) is 11.8 Å². The highest BCUT2D eigenvalue weighted by Gasteiger charge is 2.28. The standard InChI is InChI=1S/C27H24N8O3S2/c1-28-24(37)15-2-4-16(5-3-15)31-21-11-23(32-17-6-7-20-22(10-17)39-14-30-20)29-12-19(21)25-33-34-26(40-25)27(38)35-9-8-18(36)13-35/h2-7,10-12,14,18,36H,8-9,13H2,1H3,(H,28,37)(H2,29,31,32). The number of carbonyl (C=O) groups is 2. The van der Waals surface area contributed by atoms with Crippen LogP contribution in [0, 0.1) is 0 Å². The Hall–Kier alpha value is -4.46. The molecule has 13 heteroatoms. The SMILES string of the molecule is CNC(=O)c1ccc(Nc2cc(Nc3ccc4ncsc4c3)ncc2-c2nnc(C(=O)N3CCC(O)C3)s2)cc1. The molecule has 11 nitrogen and oxygen atoms in total. The number of fused-ring (bicyclic) bond motifs is 1. The smallest absolute Gasteiger partial charge is 0.284 e. The molecule has 0 radical (unpaired) electrons. The van der Waals surface area contributed by atoms with E-state index in [1.807, 2.05) is 41.9 Å². The number of thiazole rings is 1. The van der Waals surface area contributed by atoms with E-state index in [0.29, 0.717) is 47.2 Å². The summed E-state index contributed by atoms with van der Waals surface area (Å²) in [7, 11) is 1.59. The number of amides is 2. The molecular weight excluding hydrogens is 548 g/mol. The topological polar surface area (TPSA) is 145 Å². The van der Waals surface area contributed by atoms with Crippen LogP contribution in [0.4, 0.5) is 22.9 Å². The second kappa shape index (κ2) is 11.0. The number of aliphatic hydroxyl groups excluding tert-OH is 1. The highest BCUT2D eigenvalue weighted by atomic mass is 32.1. The maximum atomic E-state index is 12.9. The van der Waals surface area contributed by atoms with E-state index in [2.05, 4.69) is 36.1 Å². The van der Waals surface area contributed by atoms with Crippen LogP contribution in [-0.2, 0) is 0 Å². The first-order valence-corrected chi connectivity index (χ1v) is 14.2. The van der Waals surface area contributed by atoms with Crippen molar-refractivity contribution in [1.29, 1.82) is 0 Å². The van der Waals surface area contributed by atoms with Gasteiger partial charge in [-0.05, 0) is 48.9 Å². The van der Waals surface area contributed by atoms with Crippen LogP contribution in [0.15, 0.2) is 60.2 Å². The Morgan fingerprint density at radius 1 is 1.02 bits per heavy atom. The molecule has 3 aromatic heterocycles. The van der Waals surface area contributed by atoms with E-state index in [1.165, 1.54) is 11.3 Å². The van der Waals surface area contributed by atoms with Crippen molar-refractivity contribution < 1.29 is 14.7 Å². The van der Waals surface area contributed by atoms with E-state index < -0.39 is 6.10 Å². The zero-order valence-electron chi connectivity index (χ0n) is 21.3. The molecule has 4 N–H and O–H groups in total. The molecule has 0 bridgehead atoms. The Bertz CT molecular complexity index is 1700. The van der Waals surface area contributed by atoms with Gasteiger partial charge in [-0.2, -0.15) is 0 Å². The maximum Gasteiger partial charge on any atom is 0.284 e. The number of hydrogen-bond acceptors (Lipinski definition) is 11. The molecule has 4 heterocycles. The largest absolute Gasteiger partial charge is 0.391 e. The van der Waals surface area contributed by atoms with Crippen molar-refractivity contribution in [2.24, 2.45) is 0 Å². The molecule has 202 valence electrons. The summed E-state index contributed by atoms with van der Waals surface area (Å²) in [6.45, 7) is 0.783. The summed E-state index contributed by atoms with van der Waals surface area (Å²) < 4.78 is 1.06. The summed E-state index contributed by atoms with van der Waals surface area (Å²) >= 11 is 2.74. The molecule has 40 heavy (non-hydrogen) atoms.